The summed E-state index contributed by atoms with van der Waals surface area (Å²) in [6.45, 7) is 0. The van der Waals surface area contributed by atoms with Crippen molar-refractivity contribution in [1.82, 2.24) is 4.98 Å². The maximum Gasteiger partial charge on any atom is 0.232 e. The summed E-state index contributed by atoms with van der Waals surface area (Å²) in [5.41, 5.74) is -0.314. The summed E-state index contributed by atoms with van der Waals surface area (Å²) >= 11 is 0. The van der Waals surface area contributed by atoms with Crippen molar-refractivity contribution in [2.24, 2.45) is 0 Å². The van der Waals surface area contributed by atoms with E-state index < -0.39 is 17.7 Å². The van der Waals surface area contributed by atoms with Crippen LogP contribution in [0.25, 0.3) is 0 Å². The van der Waals surface area contributed by atoms with Gasteiger partial charge in [-0.1, -0.05) is 0 Å². The van der Waals surface area contributed by atoms with Crippen molar-refractivity contribution in [3.8, 4) is 0 Å². The molecule has 0 aliphatic carbocycles. The molecule has 2 heterocycles. The van der Waals surface area contributed by atoms with Gasteiger partial charge in [-0.25, -0.2) is 0 Å². The highest BCUT2D eigenvalue weighted by Crippen LogP contribution is 2.12. The molecule has 2 aromatic rings. The average molecular weight is 209 g/mol. The molecule has 0 unspecified atom stereocenters. The fraction of sp³-hybridized carbons (Fsp3) is 0. The summed E-state index contributed by atoms with van der Waals surface area (Å²) in [4.78, 5) is 14.5. The molecule has 15 heavy (non-hydrogen) atoms. The second-order valence-electron chi connectivity index (χ2n) is 2.78. The van der Waals surface area contributed by atoms with E-state index in [2.05, 4.69) is 4.98 Å². The highest BCUT2D eigenvalue weighted by atomic mass is 19.1. The number of halogens is 2. The summed E-state index contributed by atoms with van der Waals surface area (Å²) in [7, 11) is 0. The molecule has 0 aromatic carbocycles. The molecule has 0 saturated heterocycles. The van der Waals surface area contributed by atoms with Crippen LogP contribution in [0, 0.1) is 11.9 Å². The SMILES string of the molecule is O=C(c1ccco1)c1ccc(F)nc1F. The molecule has 0 radical (unpaired) electrons. The lowest BCUT2D eigenvalue weighted by Gasteiger charge is -1.98. The molecule has 0 saturated carbocycles. The lowest BCUT2D eigenvalue weighted by Crippen LogP contribution is -2.05. The predicted molar refractivity (Wildman–Crippen MR) is 46.3 cm³/mol. The highest BCUT2D eigenvalue weighted by Gasteiger charge is 2.17. The first-order valence-corrected chi connectivity index (χ1v) is 4.09. The van der Waals surface area contributed by atoms with Crippen LogP contribution >= 0.6 is 0 Å². The molecular weight excluding hydrogens is 204 g/mol. The van der Waals surface area contributed by atoms with Gasteiger partial charge in [0.15, 0.2) is 5.76 Å². The second-order valence-corrected chi connectivity index (χ2v) is 2.78. The Balaban J connectivity index is 2.42. The van der Waals surface area contributed by atoms with Crippen LogP contribution in [0.15, 0.2) is 34.9 Å². The van der Waals surface area contributed by atoms with Gasteiger partial charge >= 0.3 is 0 Å². The van der Waals surface area contributed by atoms with E-state index in [-0.39, 0.29) is 11.3 Å². The van der Waals surface area contributed by atoms with Crippen LogP contribution in [0.1, 0.15) is 16.1 Å². The first-order chi connectivity index (χ1) is 7.18. The highest BCUT2D eigenvalue weighted by molar-refractivity contribution is 6.07. The molecule has 3 nitrogen and oxygen atoms in total. The van der Waals surface area contributed by atoms with Crippen LogP contribution in [-0.4, -0.2) is 10.8 Å². The summed E-state index contributed by atoms with van der Waals surface area (Å²) < 4.78 is 30.3. The molecule has 0 atom stereocenters. The van der Waals surface area contributed by atoms with E-state index in [0.29, 0.717) is 0 Å². The van der Waals surface area contributed by atoms with E-state index in [9.17, 15) is 13.6 Å². The Morgan fingerprint density at radius 1 is 1.27 bits per heavy atom. The third-order valence-corrected chi connectivity index (χ3v) is 1.80. The number of nitrogens with zero attached hydrogens (tertiary/aromatic N) is 1. The Kier molecular flexibility index (Phi) is 2.29. The number of rotatable bonds is 2. The number of ketones is 1. The van der Waals surface area contributed by atoms with Gasteiger partial charge in [-0.2, -0.15) is 13.8 Å². The lowest BCUT2D eigenvalue weighted by molar-refractivity contribution is 0.100. The van der Waals surface area contributed by atoms with Gasteiger partial charge in [-0.3, -0.25) is 4.79 Å². The molecule has 0 aliphatic rings. The summed E-state index contributed by atoms with van der Waals surface area (Å²) in [5, 5.41) is 0. The fourth-order valence-electron chi connectivity index (χ4n) is 1.12. The van der Waals surface area contributed by atoms with E-state index in [1.54, 1.807) is 0 Å². The topological polar surface area (TPSA) is 43.1 Å². The number of hydrogen-bond donors (Lipinski definition) is 0. The molecule has 2 rings (SSSR count). The lowest BCUT2D eigenvalue weighted by atomic mass is 10.1. The zero-order valence-electron chi connectivity index (χ0n) is 7.41. The van der Waals surface area contributed by atoms with Crippen molar-refractivity contribution in [2.75, 3.05) is 0 Å². The number of hydrogen-bond acceptors (Lipinski definition) is 3. The molecule has 0 fully saturated rings. The van der Waals surface area contributed by atoms with Crippen molar-refractivity contribution in [1.29, 1.82) is 0 Å². The molecule has 2 aromatic heterocycles. The summed E-state index contributed by atoms with van der Waals surface area (Å²) in [6.07, 6.45) is 1.29. The minimum atomic E-state index is -1.14. The van der Waals surface area contributed by atoms with E-state index >= 15 is 0 Å². The van der Waals surface area contributed by atoms with Crippen LogP contribution in [0.2, 0.25) is 0 Å². The number of carbonyl (C=O) groups excluding carboxylic acids is 1. The Hall–Kier alpha value is -2.04. The molecule has 0 aliphatic heterocycles. The van der Waals surface area contributed by atoms with Gasteiger partial charge in [-0.15, -0.1) is 0 Å². The van der Waals surface area contributed by atoms with Crippen molar-refractivity contribution >= 4 is 5.78 Å². The van der Waals surface area contributed by atoms with Crippen LogP contribution < -0.4 is 0 Å². The van der Waals surface area contributed by atoms with Gasteiger partial charge < -0.3 is 4.42 Å². The number of carbonyl (C=O) groups is 1. The zero-order valence-corrected chi connectivity index (χ0v) is 7.41. The minimum Gasteiger partial charge on any atom is -0.461 e. The van der Waals surface area contributed by atoms with E-state index in [1.807, 2.05) is 0 Å². The molecule has 0 amide bonds. The largest absolute Gasteiger partial charge is 0.461 e. The van der Waals surface area contributed by atoms with E-state index in [4.69, 9.17) is 4.42 Å². The second kappa shape index (κ2) is 3.61. The first kappa shape index (κ1) is 9.51. The summed E-state index contributed by atoms with van der Waals surface area (Å²) in [5.74, 6) is -2.78. The third-order valence-electron chi connectivity index (χ3n) is 1.80. The maximum absolute atomic E-state index is 13.1. The van der Waals surface area contributed by atoms with E-state index in [1.165, 1.54) is 18.4 Å². The molecular formula is C10H5F2NO2. The van der Waals surface area contributed by atoms with Gasteiger partial charge in [0, 0.05) is 0 Å². The van der Waals surface area contributed by atoms with Gasteiger partial charge in [0.2, 0.25) is 17.7 Å². The van der Waals surface area contributed by atoms with Crippen molar-refractivity contribution in [3.05, 3.63) is 53.7 Å². The maximum atomic E-state index is 13.1. The quantitative estimate of drug-likeness (QED) is 0.562. The average Bonchev–Trinajstić information content (AvgIpc) is 2.69. The number of pyridine rings is 1. The normalized spacial score (nSPS) is 10.3. The Morgan fingerprint density at radius 3 is 2.67 bits per heavy atom. The Bertz CT molecular complexity index is 494. The van der Waals surface area contributed by atoms with Crippen molar-refractivity contribution in [3.63, 3.8) is 0 Å². The summed E-state index contributed by atoms with van der Waals surface area (Å²) in [6, 6.07) is 4.84. The molecule has 0 N–H and O–H groups in total. The zero-order chi connectivity index (χ0) is 10.8. The first-order valence-electron chi connectivity index (χ1n) is 4.09. The van der Waals surface area contributed by atoms with Crippen molar-refractivity contribution in [2.45, 2.75) is 0 Å². The van der Waals surface area contributed by atoms with Crippen LogP contribution in [0.4, 0.5) is 8.78 Å². The third kappa shape index (κ3) is 1.76. The van der Waals surface area contributed by atoms with Crippen LogP contribution in [0.5, 0.6) is 0 Å². The number of furan rings is 1. The van der Waals surface area contributed by atoms with Crippen LogP contribution in [0.3, 0.4) is 0 Å². The van der Waals surface area contributed by atoms with Crippen LogP contribution in [-0.2, 0) is 0 Å². The molecule has 0 spiro atoms. The Morgan fingerprint density at radius 2 is 2.07 bits per heavy atom. The fourth-order valence-corrected chi connectivity index (χ4v) is 1.12. The standard InChI is InChI=1S/C10H5F2NO2/c11-8-4-3-6(10(12)13-8)9(14)7-2-1-5-15-7/h1-5H. The molecule has 0 bridgehead atoms. The number of aromatic nitrogens is 1. The van der Waals surface area contributed by atoms with Gasteiger partial charge in [0.25, 0.3) is 0 Å². The smallest absolute Gasteiger partial charge is 0.232 e. The molecule has 76 valence electrons. The Labute approximate surface area is 83.4 Å². The van der Waals surface area contributed by atoms with Gasteiger partial charge in [0.1, 0.15) is 0 Å². The molecule has 5 heteroatoms. The van der Waals surface area contributed by atoms with Gasteiger partial charge in [-0.05, 0) is 24.3 Å². The predicted octanol–water partition coefficient (Wildman–Crippen LogP) is 2.18. The van der Waals surface area contributed by atoms with Crippen molar-refractivity contribution < 1.29 is 18.0 Å². The minimum absolute atomic E-state index is 0.0118. The van der Waals surface area contributed by atoms with Gasteiger partial charge in [0.05, 0.1) is 11.8 Å². The van der Waals surface area contributed by atoms with E-state index in [0.717, 1.165) is 12.1 Å². The monoisotopic (exact) mass is 209 g/mol.